The Morgan fingerprint density at radius 3 is 1.23 bits per heavy atom. The first kappa shape index (κ1) is 27.6. The Balaban J connectivity index is -0.000000551. The predicted octanol–water partition coefficient (Wildman–Crippen LogP) is -3.17. The van der Waals surface area contributed by atoms with E-state index in [1.807, 2.05) is 0 Å². The molecular weight excluding hydrogens is 372 g/mol. The van der Waals surface area contributed by atoms with Gasteiger partial charge in [0.1, 0.15) is 26.3 Å². The number of rotatable bonds is 12. The van der Waals surface area contributed by atoms with Crippen LogP contribution in [-0.4, -0.2) is 59.7 Å². The summed E-state index contributed by atoms with van der Waals surface area (Å²) in [5.74, 6) is 0. The molecule has 18 nitrogen and oxygen atoms in total. The molecule has 0 rings (SSSR count). The minimum Gasteiger partial charge on any atom is -0.356 e. The van der Waals surface area contributed by atoms with Crippen LogP contribution < -0.4 is 10.6 Å². The molecule has 0 aromatic rings. The van der Waals surface area contributed by atoms with Gasteiger partial charge >= 0.3 is 0 Å². The van der Waals surface area contributed by atoms with Crippen LogP contribution in [0.15, 0.2) is 0 Å². The molecule has 0 aliphatic rings. The standard InChI is InChI=1S/C8H18N4O6.2NO3/c9-3-6-10(4-1-7-17-11(13)14)5-2-8-18-12(15)16;2*2-1(3)4/h1-9H2;;/q;2*-1/p+2. The Morgan fingerprint density at radius 2 is 1.00 bits per heavy atom. The quantitative estimate of drug-likeness (QED) is 0.189. The third kappa shape index (κ3) is 42.8. The highest BCUT2D eigenvalue weighted by Crippen LogP contribution is 1.81. The summed E-state index contributed by atoms with van der Waals surface area (Å²) in [7, 11) is 0. The van der Waals surface area contributed by atoms with Crippen LogP contribution in [0.4, 0.5) is 0 Å². The van der Waals surface area contributed by atoms with Crippen molar-refractivity contribution < 1.29 is 40.7 Å². The molecule has 0 atom stereocenters. The third-order valence-electron chi connectivity index (χ3n) is 2.27. The van der Waals surface area contributed by atoms with Crippen LogP contribution >= 0.6 is 0 Å². The van der Waals surface area contributed by atoms with Crippen LogP contribution in [0.3, 0.4) is 0 Å². The maximum atomic E-state index is 9.93. The monoisotopic (exact) mass is 392 g/mol. The van der Waals surface area contributed by atoms with Gasteiger partial charge in [0.15, 0.2) is 0 Å². The van der Waals surface area contributed by atoms with Gasteiger partial charge < -0.3 is 51.0 Å². The van der Waals surface area contributed by atoms with Crippen molar-refractivity contribution in [2.75, 3.05) is 39.4 Å². The second-order valence-corrected chi connectivity index (χ2v) is 4.12. The van der Waals surface area contributed by atoms with E-state index >= 15 is 0 Å². The minimum absolute atomic E-state index is 0.0685. The Morgan fingerprint density at radius 1 is 0.692 bits per heavy atom. The van der Waals surface area contributed by atoms with E-state index in [1.54, 1.807) is 0 Å². The molecule has 154 valence electrons. The fraction of sp³-hybridized carbons (Fsp3) is 1.00. The summed E-state index contributed by atoms with van der Waals surface area (Å²) in [5.41, 5.74) is 3.74. The van der Waals surface area contributed by atoms with E-state index in [4.69, 9.17) is 30.6 Å². The predicted molar refractivity (Wildman–Crippen MR) is 79.2 cm³/mol. The highest BCUT2D eigenvalue weighted by atomic mass is 17.0. The van der Waals surface area contributed by atoms with Crippen molar-refractivity contribution in [3.05, 3.63) is 50.9 Å². The molecular formula is C8H20N6O12. The Bertz CT molecular complexity index is 367. The number of hydrogen-bond donors (Lipinski definition) is 2. The molecule has 0 unspecified atom stereocenters. The lowest BCUT2D eigenvalue weighted by molar-refractivity contribution is -0.907. The number of hydrogen-bond acceptors (Lipinski definition) is 12. The molecule has 0 aromatic heterocycles. The van der Waals surface area contributed by atoms with E-state index in [1.165, 1.54) is 4.90 Å². The topological polar surface area (TPSA) is 269 Å². The van der Waals surface area contributed by atoms with Gasteiger partial charge in [-0.3, -0.25) is 0 Å². The molecule has 0 bridgehead atoms. The van der Waals surface area contributed by atoms with Gasteiger partial charge in [-0.25, -0.2) is 0 Å². The number of nitrogens with one attached hydrogen (secondary N) is 1. The van der Waals surface area contributed by atoms with Crippen molar-refractivity contribution in [1.29, 1.82) is 0 Å². The van der Waals surface area contributed by atoms with Gasteiger partial charge in [-0.05, 0) is 0 Å². The average molecular weight is 392 g/mol. The van der Waals surface area contributed by atoms with Crippen molar-refractivity contribution in [3.8, 4) is 0 Å². The van der Waals surface area contributed by atoms with E-state index in [0.29, 0.717) is 25.9 Å². The van der Waals surface area contributed by atoms with Gasteiger partial charge in [-0.2, -0.15) is 0 Å². The highest BCUT2D eigenvalue weighted by molar-refractivity contribution is 4.35. The van der Waals surface area contributed by atoms with E-state index < -0.39 is 20.3 Å². The molecule has 0 amide bonds. The van der Waals surface area contributed by atoms with Crippen LogP contribution in [0.1, 0.15) is 12.8 Å². The second-order valence-electron chi connectivity index (χ2n) is 4.12. The van der Waals surface area contributed by atoms with Gasteiger partial charge in [0.2, 0.25) is 0 Å². The molecule has 0 aliphatic carbocycles. The summed E-state index contributed by atoms with van der Waals surface area (Å²) < 4.78 is 0. The van der Waals surface area contributed by atoms with Crippen molar-refractivity contribution in [1.82, 2.24) is 0 Å². The largest absolute Gasteiger partial charge is 0.356 e. The summed E-state index contributed by atoms with van der Waals surface area (Å²) in [4.78, 5) is 46.0. The van der Waals surface area contributed by atoms with Crippen LogP contribution in [0, 0.1) is 50.9 Å². The summed E-state index contributed by atoms with van der Waals surface area (Å²) in [5, 5.41) is 47.7. The Kier molecular flexibility index (Phi) is 21.0. The lowest BCUT2D eigenvalue weighted by atomic mass is 10.3. The molecule has 0 saturated heterocycles. The van der Waals surface area contributed by atoms with Crippen LogP contribution in [-0.2, 0) is 9.68 Å². The molecule has 0 aliphatic heterocycles. The molecule has 0 fully saturated rings. The lowest BCUT2D eigenvalue weighted by Crippen LogP contribution is -3.13. The molecule has 18 heteroatoms. The fourth-order valence-corrected chi connectivity index (χ4v) is 1.55. The molecule has 0 heterocycles. The maximum Gasteiger partial charge on any atom is 0.294 e. The van der Waals surface area contributed by atoms with E-state index in [-0.39, 0.29) is 13.2 Å². The lowest BCUT2D eigenvalue weighted by Gasteiger charge is -2.17. The SMILES string of the molecule is O=[N+]([O-])[O-].O=[N+]([O-])[O-].[NH3+]CC[NH+](CCCO[N+](=O)[O-])CCCO[N+](=O)[O-]. The third-order valence-corrected chi connectivity index (χ3v) is 2.27. The first-order valence-corrected chi connectivity index (χ1v) is 6.83. The van der Waals surface area contributed by atoms with Crippen LogP contribution in [0.5, 0.6) is 0 Å². The van der Waals surface area contributed by atoms with Crippen molar-refractivity contribution in [2.24, 2.45) is 0 Å². The van der Waals surface area contributed by atoms with Crippen LogP contribution in [0.2, 0.25) is 0 Å². The molecule has 26 heavy (non-hydrogen) atoms. The van der Waals surface area contributed by atoms with Crippen LogP contribution in [0.25, 0.3) is 0 Å². The molecule has 0 aromatic carbocycles. The number of quaternary nitrogens is 2. The number of nitrogens with zero attached hydrogens (tertiary/aromatic N) is 4. The highest BCUT2D eigenvalue weighted by Gasteiger charge is 2.09. The van der Waals surface area contributed by atoms with Gasteiger partial charge in [0, 0.05) is 12.8 Å². The first-order chi connectivity index (χ1) is 12.0. The van der Waals surface area contributed by atoms with Gasteiger partial charge in [-0.15, -0.1) is 20.2 Å². The molecule has 0 radical (unpaired) electrons. The Hall–Kier alpha value is -3.28. The summed E-state index contributed by atoms with van der Waals surface area (Å²) in [6.45, 7) is 3.11. The van der Waals surface area contributed by atoms with Crippen molar-refractivity contribution >= 4 is 0 Å². The first-order valence-electron chi connectivity index (χ1n) is 6.83. The molecule has 0 saturated carbocycles. The molecule has 4 N–H and O–H groups in total. The smallest absolute Gasteiger partial charge is 0.294 e. The van der Waals surface area contributed by atoms with Crippen molar-refractivity contribution in [3.63, 3.8) is 0 Å². The average Bonchev–Trinajstić information content (AvgIpc) is 2.46. The Labute approximate surface area is 145 Å². The van der Waals surface area contributed by atoms with Crippen molar-refractivity contribution in [2.45, 2.75) is 12.8 Å². The zero-order valence-corrected chi connectivity index (χ0v) is 13.6. The maximum absolute atomic E-state index is 9.93. The van der Waals surface area contributed by atoms with E-state index in [9.17, 15) is 20.2 Å². The fourth-order valence-electron chi connectivity index (χ4n) is 1.55. The minimum atomic E-state index is -1.75. The van der Waals surface area contributed by atoms with Gasteiger partial charge in [0.25, 0.3) is 10.2 Å². The second kappa shape index (κ2) is 19.8. The summed E-state index contributed by atoms with van der Waals surface area (Å²) in [6.07, 6.45) is 1.12. The zero-order chi connectivity index (χ0) is 21.0. The molecule has 0 spiro atoms. The zero-order valence-electron chi connectivity index (χ0n) is 13.6. The summed E-state index contributed by atoms with van der Waals surface area (Å²) in [6, 6.07) is 0. The summed E-state index contributed by atoms with van der Waals surface area (Å²) >= 11 is 0. The normalized spacial score (nSPS) is 9.00. The van der Waals surface area contributed by atoms with E-state index in [0.717, 1.165) is 13.1 Å². The van der Waals surface area contributed by atoms with Gasteiger partial charge in [0.05, 0.1) is 23.3 Å². The van der Waals surface area contributed by atoms with Gasteiger partial charge in [-0.1, -0.05) is 0 Å². The van der Waals surface area contributed by atoms with E-state index in [2.05, 4.69) is 15.4 Å².